The van der Waals surface area contributed by atoms with Gasteiger partial charge in [0.1, 0.15) is 5.75 Å². The number of rotatable bonds is 2. The number of aromatic amines is 1. The predicted molar refractivity (Wildman–Crippen MR) is 124 cm³/mol. The van der Waals surface area contributed by atoms with Crippen molar-refractivity contribution in [2.45, 2.75) is 13.5 Å². The maximum atomic E-state index is 9.72. The Balaban J connectivity index is 1.55. The molecule has 0 atom stereocenters. The highest BCUT2D eigenvalue weighted by molar-refractivity contribution is 6.03. The van der Waals surface area contributed by atoms with Crippen LogP contribution in [-0.4, -0.2) is 46.5 Å². The summed E-state index contributed by atoms with van der Waals surface area (Å²) in [6.45, 7) is 6.82. The number of nitrogens with zero attached hydrogens (tertiary/aromatic N) is 3. The molecule has 0 aliphatic carbocycles. The molecule has 2 aliphatic heterocycles. The number of phenolic OH excluding ortho intramolecular Hbond substituents is 1. The first-order chi connectivity index (χ1) is 15.2. The fourth-order valence-electron chi connectivity index (χ4n) is 4.77. The quantitative estimate of drug-likeness (QED) is 0.402. The minimum atomic E-state index is 0.248. The fourth-order valence-corrected chi connectivity index (χ4v) is 4.77. The van der Waals surface area contributed by atoms with Gasteiger partial charge in [-0.1, -0.05) is 6.07 Å². The van der Waals surface area contributed by atoms with E-state index < -0.39 is 0 Å². The molecule has 1 fully saturated rings. The zero-order chi connectivity index (χ0) is 20.9. The summed E-state index contributed by atoms with van der Waals surface area (Å²) in [7, 11) is 0. The van der Waals surface area contributed by atoms with Crippen molar-refractivity contribution in [3.8, 4) is 28.1 Å². The number of nitrogens with one attached hydrogen (secondary N) is 3. The number of piperazine rings is 1. The van der Waals surface area contributed by atoms with E-state index in [0.29, 0.717) is 6.54 Å². The number of aromatic hydroxyl groups is 1. The van der Waals surface area contributed by atoms with Gasteiger partial charge in [-0.15, -0.1) is 0 Å². The first-order valence-electron chi connectivity index (χ1n) is 10.7. The van der Waals surface area contributed by atoms with Crippen LogP contribution in [0.4, 0.5) is 11.4 Å². The molecule has 2 aromatic heterocycles. The standard InChI is InChI=1S/C24H24N6O/c1-14-21-22-18-7-4-16(30-10-8-25-9-11-30)12-20(18)26-13-19(22)23(27-24(21)29-28-14)15-2-5-17(31)6-3-15/h2-7,12,25-26,31H,8-11,13H2,1H3,(H,27,28,29). The second-order valence-corrected chi connectivity index (χ2v) is 8.23. The second-order valence-electron chi connectivity index (χ2n) is 8.23. The number of aryl methyl sites for hydroxylation is 1. The highest BCUT2D eigenvalue weighted by Gasteiger charge is 2.26. The van der Waals surface area contributed by atoms with E-state index in [9.17, 15) is 5.11 Å². The van der Waals surface area contributed by atoms with E-state index in [-0.39, 0.29) is 5.75 Å². The summed E-state index contributed by atoms with van der Waals surface area (Å²) in [5.41, 5.74) is 9.55. The Labute approximate surface area is 180 Å². The summed E-state index contributed by atoms with van der Waals surface area (Å²) < 4.78 is 0. The third-order valence-electron chi connectivity index (χ3n) is 6.33. The van der Waals surface area contributed by atoms with Gasteiger partial charge >= 0.3 is 0 Å². The Hall–Kier alpha value is -3.58. The molecule has 7 heteroatoms. The molecule has 0 amide bonds. The highest BCUT2D eigenvalue weighted by Crippen LogP contribution is 2.45. The Morgan fingerprint density at radius 1 is 1.03 bits per heavy atom. The van der Waals surface area contributed by atoms with E-state index in [1.54, 1.807) is 12.1 Å². The number of anilines is 2. The van der Waals surface area contributed by atoms with Crippen LogP contribution in [0.15, 0.2) is 42.5 Å². The Morgan fingerprint density at radius 3 is 2.65 bits per heavy atom. The normalized spacial score (nSPS) is 15.5. The van der Waals surface area contributed by atoms with Gasteiger partial charge in [-0.25, -0.2) is 4.98 Å². The van der Waals surface area contributed by atoms with Crippen LogP contribution in [0, 0.1) is 6.92 Å². The van der Waals surface area contributed by atoms with Gasteiger partial charge in [0.05, 0.1) is 5.69 Å². The molecule has 4 heterocycles. The van der Waals surface area contributed by atoms with Gasteiger partial charge in [-0.2, -0.15) is 5.10 Å². The number of H-pyrrole nitrogens is 1. The topological polar surface area (TPSA) is 89.1 Å². The van der Waals surface area contributed by atoms with Crippen LogP contribution in [0.2, 0.25) is 0 Å². The Bertz CT molecular complexity index is 1290. The van der Waals surface area contributed by atoms with Crippen LogP contribution in [0.5, 0.6) is 5.75 Å². The molecule has 4 aromatic rings. The smallest absolute Gasteiger partial charge is 0.182 e. The van der Waals surface area contributed by atoms with Crippen molar-refractivity contribution in [2.75, 3.05) is 36.4 Å². The summed E-state index contributed by atoms with van der Waals surface area (Å²) in [5, 5.41) is 25.4. The molecule has 7 nitrogen and oxygen atoms in total. The van der Waals surface area contributed by atoms with Gasteiger partial charge in [0.15, 0.2) is 5.65 Å². The van der Waals surface area contributed by atoms with Gasteiger partial charge < -0.3 is 20.6 Å². The summed E-state index contributed by atoms with van der Waals surface area (Å²) in [6.07, 6.45) is 0. The first kappa shape index (κ1) is 18.2. The number of hydrogen-bond acceptors (Lipinski definition) is 6. The molecule has 1 saturated heterocycles. The summed E-state index contributed by atoms with van der Waals surface area (Å²) >= 11 is 0. The summed E-state index contributed by atoms with van der Waals surface area (Å²) in [5.74, 6) is 0.248. The zero-order valence-electron chi connectivity index (χ0n) is 17.4. The van der Waals surface area contributed by atoms with Gasteiger partial charge in [-0.3, -0.25) is 5.10 Å². The average molecular weight is 412 g/mol. The van der Waals surface area contributed by atoms with E-state index in [0.717, 1.165) is 65.4 Å². The van der Waals surface area contributed by atoms with Crippen molar-refractivity contribution >= 4 is 22.4 Å². The van der Waals surface area contributed by atoms with E-state index in [1.807, 2.05) is 19.1 Å². The number of benzene rings is 2. The fraction of sp³-hybridized carbons (Fsp3) is 0.250. The third-order valence-corrected chi connectivity index (χ3v) is 6.33. The molecule has 2 aromatic carbocycles. The van der Waals surface area contributed by atoms with Crippen LogP contribution in [-0.2, 0) is 6.54 Å². The maximum absolute atomic E-state index is 9.72. The first-order valence-corrected chi connectivity index (χ1v) is 10.7. The van der Waals surface area contributed by atoms with Crippen molar-refractivity contribution in [1.82, 2.24) is 20.5 Å². The van der Waals surface area contributed by atoms with Gasteiger partial charge in [0.2, 0.25) is 0 Å². The van der Waals surface area contributed by atoms with Crippen LogP contribution in [0.3, 0.4) is 0 Å². The maximum Gasteiger partial charge on any atom is 0.182 e. The minimum Gasteiger partial charge on any atom is -0.508 e. The molecule has 0 unspecified atom stereocenters. The van der Waals surface area contributed by atoms with Gasteiger partial charge in [0, 0.05) is 77.4 Å². The lowest BCUT2D eigenvalue weighted by atomic mass is 9.89. The largest absolute Gasteiger partial charge is 0.508 e. The van der Waals surface area contributed by atoms with Gasteiger partial charge in [0.25, 0.3) is 0 Å². The summed E-state index contributed by atoms with van der Waals surface area (Å²) in [4.78, 5) is 7.33. The lowest BCUT2D eigenvalue weighted by Crippen LogP contribution is -2.43. The van der Waals surface area contributed by atoms with Crippen molar-refractivity contribution < 1.29 is 5.11 Å². The minimum absolute atomic E-state index is 0.248. The van der Waals surface area contributed by atoms with Crippen LogP contribution in [0.25, 0.3) is 33.4 Å². The molecule has 156 valence electrons. The Morgan fingerprint density at radius 2 is 1.84 bits per heavy atom. The molecule has 2 aliphatic rings. The predicted octanol–water partition coefficient (Wildman–Crippen LogP) is 3.64. The molecule has 4 N–H and O–H groups in total. The van der Waals surface area contributed by atoms with E-state index in [1.165, 1.54) is 16.8 Å². The zero-order valence-corrected chi connectivity index (χ0v) is 17.4. The lowest BCUT2D eigenvalue weighted by Gasteiger charge is -2.31. The van der Waals surface area contributed by atoms with Crippen LogP contribution in [0.1, 0.15) is 11.3 Å². The molecular formula is C24H24N6O. The molecule has 0 saturated carbocycles. The summed E-state index contributed by atoms with van der Waals surface area (Å²) in [6, 6.07) is 13.9. The average Bonchev–Trinajstić information content (AvgIpc) is 3.19. The second kappa shape index (κ2) is 6.99. The number of hydrogen-bond donors (Lipinski definition) is 4. The molecule has 0 radical (unpaired) electrons. The van der Waals surface area contributed by atoms with Gasteiger partial charge in [-0.05, 0) is 43.3 Å². The molecule has 0 bridgehead atoms. The lowest BCUT2D eigenvalue weighted by molar-refractivity contribution is 0.475. The SMILES string of the molecule is Cc1[nH]nc2nc(-c3ccc(O)cc3)c3c(c12)-c1ccc(N2CCNCC2)cc1NC3. The van der Waals surface area contributed by atoms with E-state index >= 15 is 0 Å². The van der Waals surface area contributed by atoms with Crippen molar-refractivity contribution in [3.05, 3.63) is 53.7 Å². The monoisotopic (exact) mass is 412 g/mol. The van der Waals surface area contributed by atoms with Crippen molar-refractivity contribution in [1.29, 1.82) is 0 Å². The molecule has 0 spiro atoms. The molecule has 31 heavy (non-hydrogen) atoms. The number of fused-ring (bicyclic) bond motifs is 5. The highest BCUT2D eigenvalue weighted by atomic mass is 16.3. The van der Waals surface area contributed by atoms with Crippen LogP contribution < -0.4 is 15.5 Å². The van der Waals surface area contributed by atoms with E-state index in [2.05, 4.69) is 43.9 Å². The number of pyridine rings is 1. The third kappa shape index (κ3) is 2.92. The van der Waals surface area contributed by atoms with Crippen molar-refractivity contribution in [3.63, 3.8) is 0 Å². The number of aromatic nitrogens is 3. The molecule has 6 rings (SSSR count). The number of phenols is 1. The molecular weight excluding hydrogens is 388 g/mol. The van der Waals surface area contributed by atoms with Crippen molar-refractivity contribution in [2.24, 2.45) is 0 Å². The van der Waals surface area contributed by atoms with Crippen LogP contribution >= 0.6 is 0 Å². The Kier molecular flexibility index (Phi) is 4.11. The van der Waals surface area contributed by atoms with E-state index in [4.69, 9.17) is 4.98 Å².